The molecule has 0 radical (unpaired) electrons. The lowest BCUT2D eigenvalue weighted by Crippen LogP contribution is -2.42. The van der Waals surface area contributed by atoms with Gasteiger partial charge in [0, 0.05) is 12.7 Å². The Morgan fingerprint density at radius 2 is 1.92 bits per heavy atom. The van der Waals surface area contributed by atoms with Crippen LogP contribution < -0.4 is 10.6 Å². The summed E-state index contributed by atoms with van der Waals surface area (Å²) >= 11 is 0. The number of hydrogen-bond donors (Lipinski definition) is 3. The van der Waals surface area contributed by atoms with Gasteiger partial charge in [-0.25, -0.2) is 4.79 Å². The second-order valence-corrected chi connectivity index (χ2v) is 6.03. The molecule has 0 saturated carbocycles. The highest BCUT2D eigenvalue weighted by Gasteiger charge is 2.22. The largest absolute Gasteiger partial charge is 0.480 e. The average molecular weight is 329 g/mol. The number of carboxylic acid groups (broad SMARTS) is 1. The molecule has 0 aliphatic carbocycles. The van der Waals surface area contributed by atoms with Crippen LogP contribution in [0.25, 0.3) is 0 Å². The van der Waals surface area contributed by atoms with Gasteiger partial charge in [0.25, 0.3) is 5.91 Å². The molecule has 1 rings (SSSR count). The Morgan fingerprint density at radius 3 is 2.42 bits per heavy atom. The molecule has 3 N–H and O–H groups in total. The highest BCUT2D eigenvalue weighted by Crippen LogP contribution is 2.06. The van der Waals surface area contributed by atoms with Gasteiger partial charge in [0.15, 0.2) is 0 Å². The molecule has 1 aromatic rings. The Hall–Kier alpha value is -2.81. The van der Waals surface area contributed by atoms with E-state index in [4.69, 9.17) is 10.4 Å². The Bertz CT molecular complexity index is 642. The van der Waals surface area contributed by atoms with Crippen LogP contribution in [0.4, 0.5) is 0 Å². The molecule has 0 bridgehead atoms. The first-order valence-corrected chi connectivity index (χ1v) is 7.76. The molecule has 0 spiro atoms. The van der Waals surface area contributed by atoms with Crippen LogP contribution in [0.3, 0.4) is 0 Å². The zero-order valence-electron chi connectivity index (χ0n) is 14.2. The quantitative estimate of drug-likeness (QED) is 0.501. The highest BCUT2D eigenvalue weighted by atomic mass is 16.4. The number of nitriles is 1. The summed E-state index contributed by atoms with van der Waals surface area (Å²) in [6.07, 6.45) is 1.61. The molecule has 1 atom stereocenters. The predicted octanol–water partition coefficient (Wildman–Crippen LogP) is 2.11. The van der Waals surface area contributed by atoms with E-state index >= 15 is 0 Å². The molecule has 6 heteroatoms. The fourth-order valence-corrected chi connectivity index (χ4v) is 2.05. The van der Waals surface area contributed by atoms with Crippen LogP contribution in [-0.4, -0.2) is 23.0 Å². The number of aliphatic carboxylic acids is 1. The standard InChI is InChI=1S/C18H23N3O3/c1-12(2)8-16(18(23)24)21-17(22)15(9-19)11-20-10-14-6-4-13(3)5-7-14/h4-7,11-12,16,20H,8,10H2,1-3H3,(H,21,22)(H,23,24)/b15-11-. The second kappa shape index (κ2) is 9.36. The van der Waals surface area contributed by atoms with E-state index in [2.05, 4.69) is 10.6 Å². The van der Waals surface area contributed by atoms with Crippen molar-refractivity contribution >= 4 is 11.9 Å². The summed E-state index contributed by atoms with van der Waals surface area (Å²) in [5.41, 5.74) is 2.01. The summed E-state index contributed by atoms with van der Waals surface area (Å²) in [6, 6.07) is 8.63. The van der Waals surface area contributed by atoms with Crippen molar-refractivity contribution < 1.29 is 14.7 Å². The summed E-state index contributed by atoms with van der Waals surface area (Å²) in [6.45, 7) is 6.19. The molecular weight excluding hydrogens is 306 g/mol. The van der Waals surface area contributed by atoms with Crippen LogP contribution in [0, 0.1) is 24.2 Å². The summed E-state index contributed by atoms with van der Waals surface area (Å²) in [7, 11) is 0. The molecule has 1 unspecified atom stereocenters. The van der Waals surface area contributed by atoms with Gasteiger partial charge in [-0.1, -0.05) is 43.7 Å². The fraction of sp³-hybridized carbons (Fsp3) is 0.389. The normalized spacial score (nSPS) is 12.4. The van der Waals surface area contributed by atoms with E-state index in [1.807, 2.05) is 45.0 Å². The lowest BCUT2D eigenvalue weighted by molar-refractivity contribution is -0.141. The van der Waals surface area contributed by atoms with E-state index in [1.165, 1.54) is 6.20 Å². The maximum absolute atomic E-state index is 12.1. The highest BCUT2D eigenvalue weighted by molar-refractivity contribution is 5.99. The van der Waals surface area contributed by atoms with Crippen LogP contribution in [0.5, 0.6) is 0 Å². The second-order valence-electron chi connectivity index (χ2n) is 6.03. The monoisotopic (exact) mass is 329 g/mol. The van der Waals surface area contributed by atoms with E-state index in [1.54, 1.807) is 6.07 Å². The number of carboxylic acids is 1. The number of nitrogens with one attached hydrogen (secondary N) is 2. The van der Waals surface area contributed by atoms with Crippen LogP contribution in [0.2, 0.25) is 0 Å². The minimum absolute atomic E-state index is 0.112. The third kappa shape index (κ3) is 6.53. The van der Waals surface area contributed by atoms with Gasteiger partial charge >= 0.3 is 5.97 Å². The molecule has 1 amide bonds. The first-order valence-electron chi connectivity index (χ1n) is 7.76. The van der Waals surface area contributed by atoms with Crippen LogP contribution in [0.15, 0.2) is 36.0 Å². The van der Waals surface area contributed by atoms with E-state index in [9.17, 15) is 9.59 Å². The van der Waals surface area contributed by atoms with E-state index < -0.39 is 17.9 Å². The van der Waals surface area contributed by atoms with Crippen molar-refractivity contribution in [2.24, 2.45) is 5.92 Å². The van der Waals surface area contributed by atoms with E-state index in [0.29, 0.717) is 13.0 Å². The smallest absolute Gasteiger partial charge is 0.326 e. The van der Waals surface area contributed by atoms with Gasteiger partial charge in [-0.05, 0) is 24.8 Å². The Labute approximate surface area is 142 Å². The van der Waals surface area contributed by atoms with Crippen molar-refractivity contribution in [2.75, 3.05) is 0 Å². The topological polar surface area (TPSA) is 102 Å². The summed E-state index contributed by atoms with van der Waals surface area (Å²) < 4.78 is 0. The number of carbonyl (C=O) groups is 2. The summed E-state index contributed by atoms with van der Waals surface area (Å²) in [5, 5.41) is 23.5. The van der Waals surface area contributed by atoms with Crippen molar-refractivity contribution in [3.8, 4) is 6.07 Å². The molecule has 128 valence electrons. The zero-order valence-corrected chi connectivity index (χ0v) is 14.2. The minimum Gasteiger partial charge on any atom is -0.480 e. The molecule has 0 aliphatic rings. The number of carbonyl (C=O) groups excluding carboxylic acids is 1. The van der Waals surface area contributed by atoms with E-state index in [-0.39, 0.29) is 11.5 Å². The number of aryl methyl sites for hydroxylation is 1. The van der Waals surface area contributed by atoms with Crippen molar-refractivity contribution in [1.29, 1.82) is 5.26 Å². The Balaban J connectivity index is 2.66. The number of benzene rings is 1. The first-order chi connectivity index (χ1) is 11.3. The van der Waals surface area contributed by atoms with Gasteiger partial charge in [0.2, 0.25) is 0 Å². The van der Waals surface area contributed by atoms with Gasteiger partial charge in [-0.3, -0.25) is 4.79 Å². The molecule has 0 fully saturated rings. The Morgan fingerprint density at radius 1 is 1.29 bits per heavy atom. The maximum atomic E-state index is 12.1. The summed E-state index contributed by atoms with van der Waals surface area (Å²) in [5.74, 6) is -1.69. The number of nitrogens with zero attached hydrogens (tertiary/aromatic N) is 1. The minimum atomic E-state index is -1.11. The van der Waals surface area contributed by atoms with Gasteiger partial charge < -0.3 is 15.7 Å². The molecule has 0 heterocycles. The molecule has 1 aromatic carbocycles. The Kier molecular flexibility index (Phi) is 7.50. The van der Waals surface area contributed by atoms with Crippen LogP contribution in [-0.2, 0) is 16.1 Å². The van der Waals surface area contributed by atoms with Gasteiger partial charge in [-0.15, -0.1) is 0 Å². The molecule has 0 aromatic heterocycles. The summed E-state index contributed by atoms with van der Waals surface area (Å²) in [4.78, 5) is 23.2. The third-order valence-electron chi connectivity index (χ3n) is 3.35. The fourth-order valence-electron chi connectivity index (χ4n) is 2.05. The third-order valence-corrected chi connectivity index (χ3v) is 3.35. The van der Waals surface area contributed by atoms with Crippen molar-refractivity contribution in [2.45, 2.75) is 39.8 Å². The van der Waals surface area contributed by atoms with Crippen molar-refractivity contribution in [1.82, 2.24) is 10.6 Å². The average Bonchev–Trinajstić information content (AvgIpc) is 2.52. The van der Waals surface area contributed by atoms with Crippen molar-refractivity contribution in [3.05, 3.63) is 47.2 Å². The molecule has 0 aliphatic heterocycles. The maximum Gasteiger partial charge on any atom is 0.326 e. The number of hydrogen-bond acceptors (Lipinski definition) is 4. The zero-order chi connectivity index (χ0) is 18.1. The predicted molar refractivity (Wildman–Crippen MR) is 90.7 cm³/mol. The lowest BCUT2D eigenvalue weighted by atomic mass is 10.0. The van der Waals surface area contributed by atoms with Gasteiger partial charge in [0.05, 0.1) is 0 Å². The molecular formula is C18H23N3O3. The molecule has 6 nitrogen and oxygen atoms in total. The first kappa shape index (κ1) is 19.2. The van der Waals surface area contributed by atoms with Gasteiger partial charge in [0.1, 0.15) is 17.7 Å². The molecule has 0 saturated heterocycles. The van der Waals surface area contributed by atoms with Gasteiger partial charge in [-0.2, -0.15) is 5.26 Å². The SMILES string of the molecule is Cc1ccc(CN/C=C(/C#N)C(=O)NC(CC(C)C)C(=O)O)cc1. The lowest BCUT2D eigenvalue weighted by Gasteiger charge is -2.16. The van der Waals surface area contributed by atoms with E-state index in [0.717, 1.165) is 11.1 Å². The molecule has 24 heavy (non-hydrogen) atoms. The van der Waals surface area contributed by atoms with Crippen LogP contribution in [0.1, 0.15) is 31.4 Å². The van der Waals surface area contributed by atoms with Crippen LogP contribution >= 0.6 is 0 Å². The number of rotatable bonds is 8. The van der Waals surface area contributed by atoms with Crippen molar-refractivity contribution in [3.63, 3.8) is 0 Å². The number of amides is 1.